The number of amides is 1. The van der Waals surface area contributed by atoms with Gasteiger partial charge >= 0.3 is 5.97 Å². The van der Waals surface area contributed by atoms with E-state index in [2.05, 4.69) is 5.32 Å². The van der Waals surface area contributed by atoms with Gasteiger partial charge in [-0.2, -0.15) is 0 Å². The van der Waals surface area contributed by atoms with Crippen LogP contribution in [0.25, 0.3) is 0 Å². The van der Waals surface area contributed by atoms with Gasteiger partial charge in [-0.1, -0.05) is 23.6 Å². The van der Waals surface area contributed by atoms with Crippen molar-refractivity contribution in [1.29, 1.82) is 0 Å². The molecule has 1 aliphatic rings. The third-order valence-electron chi connectivity index (χ3n) is 3.63. The van der Waals surface area contributed by atoms with Crippen molar-refractivity contribution in [3.8, 4) is 0 Å². The lowest BCUT2D eigenvalue weighted by atomic mass is 10.0. The van der Waals surface area contributed by atoms with Crippen LogP contribution in [0.2, 0.25) is 0 Å². The predicted molar refractivity (Wildman–Crippen MR) is 72.1 cm³/mol. The summed E-state index contributed by atoms with van der Waals surface area (Å²) in [4.78, 5) is 23.3. The molecule has 1 aromatic carbocycles. The summed E-state index contributed by atoms with van der Waals surface area (Å²) in [6.45, 7) is 3.89. The van der Waals surface area contributed by atoms with E-state index in [0.717, 1.165) is 24.0 Å². The maximum absolute atomic E-state index is 12.2. The van der Waals surface area contributed by atoms with Crippen molar-refractivity contribution >= 4 is 11.9 Å². The molecular formula is C15H19NO3. The smallest absolute Gasteiger partial charge is 0.308 e. The lowest BCUT2D eigenvalue weighted by Crippen LogP contribution is -2.40. The van der Waals surface area contributed by atoms with E-state index in [1.54, 1.807) is 0 Å². The maximum Gasteiger partial charge on any atom is 0.308 e. The Morgan fingerprint density at radius 3 is 2.37 bits per heavy atom. The van der Waals surface area contributed by atoms with Crippen LogP contribution in [-0.2, 0) is 4.79 Å². The van der Waals surface area contributed by atoms with Crippen LogP contribution in [0, 0.1) is 19.8 Å². The zero-order valence-electron chi connectivity index (χ0n) is 11.3. The van der Waals surface area contributed by atoms with Gasteiger partial charge in [0.25, 0.3) is 5.91 Å². The number of carboxylic acids is 1. The van der Waals surface area contributed by atoms with E-state index >= 15 is 0 Å². The van der Waals surface area contributed by atoms with E-state index in [1.165, 1.54) is 0 Å². The average Bonchev–Trinajstić information content (AvgIpc) is 2.75. The number of carbonyl (C=O) groups excluding carboxylic acids is 1. The molecule has 0 unspecified atom stereocenters. The molecule has 0 heterocycles. The second kappa shape index (κ2) is 5.43. The Morgan fingerprint density at radius 2 is 1.79 bits per heavy atom. The number of hydrogen-bond acceptors (Lipinski definition) is 2. The first kappa shape index (κ1) is 13.6. The van der Waals surface area contributed by atoms with Crippen LogP contribution in [0.1, 0.15) is 40.7 Å². The summed E-state index contributed by atoms with van der Waals surface area (Å²) in [7, 11) is 0. The third kappa shape index (κ3) is 3.13. The monoisotopic (exact) mass is 261 g/mol. The molecule has 0 aromatic heterocycles. The SMILES string of the molecule is Cc1cc(C)cc(C(=O)N[C@@H]2CCC[C@@H]2C(=O)O)c1. The first-order chi connectivity index (χ1) is 8.97. The van der Waals surface area contributed by atoms with Gasteiger partial charge in [-0.25, -0.2) is 0 Å². The van der Waals surface area contributed by atoms with Crippen molar-refractivity contribution in [3.63, 3.8) is 0 Å². The summed E-state index contributed by atoms with van der Waals surface area (Å²) in [6, 6.07) is 5.41. The summed E-state index contributed by atoms with van der Waals surface area (Å²) in [5.41, 5.74) is 2.67. The fraction of sp³-hybridized carbons (Fsp3) is 0.467. The molecule has 4 heteroatoms. The number of nitrogens with one attached hydrogen (secondary N) is 1. The molecule has 1 fully saturated rings. The summed E-state index contributed by atoms with van der Waals surface area (Å²) in [6.07, 6.45) is 2.25. The number of carbonyl (C=O) groups is 2. The highest BCUT2D eigenvalue weighted by Crippen LogP contribution is 2.26. The highest BCUT2D eigenvalue weighted by molar-refractivity contribution is 5.95. The first-order valence-electron chi connectivity index (χ1n) is 6.59. The summed E-state index contributed by atoms with van der Waals surface area (Å²) in [5.74, 6) is -1.44. The Morgan fingerprint density at radius 1 is 1.16 bits per heavy atom. The van der Waals surface area contributed by atoms with Crippen LogP contribution in [0.15, 0.2) is 18.2 Å². The van der Waals surface area contributed by atoms with Gasteiger partial charge in [0.15, 0.2) is 0 Å². The number of carboxylic acid groups (broad SMARTS) is 1. The molecule has 2 rings (SSSR count). The van der Waals surface area contributed by atoms with Crippen molar-refractivity contribution in [3.05, 3.63) is 34.9 Å². The lowest BCUT2D eigenvalue weighted by molar-refractivity contribution is -0.142. The molecule has 0 aliphatic heterocycles. The zero-order valence-corrected chi connectivity index (χ0v) is 11.3. The molecule has 1 amide bonds. The minimum absolute atomic E-state index is 0.176. The molecule has 1 aromatic rings. The molecule has 1 aliphatic carbocycles. The van der Waals surface area contributed by atoms with Gasteiger partial charge in [-0.05, 0) is 38.8 Å². The zero-order chi connectivity index (χ0) is 14.0. The van der Waals surface area contributed by atoms with Gasteiger partial charge in [0.05, 0.1) is 5.92 Å². The summed E-state index contributed by atoms with van der Waals surface area (Å²) in [5, 5.41) is 12.0. The van der Waals surface area contributed by atoms with Gasteiger partial charge in [0.1, 0.15) is 0 Å². The Kier molecular flexibility index (Phi) is 3.88. The van der Waals surface area contributed by atoms with E-state index in [4.69, 9.17) is 5.11 Å². The second-order valence-corrected chi connectivity index (χ2v) is 5.33. The predicted octanol–water partition coefficient (Wildman–Crippen LogP) is 2.29. The number of rotatable bonds is 3. The Hall–Kier alpha value is -1.84. The van der Waals surface area contributed by atoms with Crippen molar-refractivity contribution in [1.82, 2.24) is 5.32 Å². The quantitative estimate of drug-likeness (QED) is 0.877. The van der Waals surface area contributed by atoms with Crippen LogP contribution in [0.3, 0.4) is 0 Å². The van der Waals surface area contributed by atoms with E-state index in [9.17, 15) is 9.59 Å². The Labute approximate surface area is 112 Å². The molecule has 1 saturated carbocycles. The molecule has 2 atom stereocenters. The van der Waals surface area contributed by atoms with Crippen molar-refractivity contribution in [2.45, 2.75) is 39.2 Å². The second-order valence-electron chi connectivity index (χ2n) is 5.33. The van der Waals surface area contributed by atoms with E-state index in [1.807, 2.05) is 32.0 Å². The van der Waals surface area contributed by atoms with Crippen LogP contribution >= 0.6 is 0 Å². The fourth-order valence-electron chi connectivity index (χ4n) is 2.79. The first-order valence-corrected chi connectivity index (χ1v) is 6.59. The Balaban J connectivity index is 2.10. The number of benzene rings is 1. The molecule has 2 N–H and O–H groups in total. The van der Waals surface area contributed by atoms with E-state index in [0.29, 0.717) is 12.0 Å². The largest absolute Gasteiger partial charge is 0.481 e. The van der Waals surface area contributed by atoms with Crippen LogP contribution in [0.4, 0.5) is 0 Å². The van der Waals surface area contributed by atoms with Gasteiger partial charge in [0.2, 0.25) is 0 Å². The average molecular weight is 261 g/mol. The number of aliphatic carboxylic acids is 1. The van der Waals surface area contributed by atoms with Crippen LogP contribution in [0.5, 0.6) is 0 Å². The van der Waals surface area contributed by atoms with Crippen LogP contribution < -0.4 is 5.32 Å². The molecule has 4 nitrogen and oxygen atoms in total. The standard InChI is InChI=1S/C15H19NO3/c1-9-6-10(2)8-11(7-9)14(17)16-13-5-3-4-12(13)15(18)19/h6-8,12-13H,3-5H2,1-2H3,(H,16,17)(H,18,19)/t12-,13+/m0/s1. The minimum atomic E-state index is -0.816. The van der Waals surface area contributed by atoms with Crippen molar-refractivity contribution in [2.24, 2.45) is 5.92 Å². The normalized spacial score (nSPS) is 22.2. The van der Waals surface area contributed by atoms with Crippen molar-refractivity contribution in [2.75, 3.05) is 0 Å². The summed E-state index contributed by atoms with van der Waals surface area (Å²) < 4.78 is 0. The number of hydrogen-bond donors (Lipinski definition) is 2. The maximum atomic E-state index is 12.2. The molecule has 19 heavy (non-hydrogen) atoms. The van der Waals surface area contributed by atoms with E-state index in [-0.39, 0.29) is 11.9 Å². The highest BCUT2D eigenvalue weighted by Gasteiger charge is 2.33. The highest BCUT2D eigenvalue weighted by atomic mass is 16.4. The molecule has 0 spiro atoms. The molecular weight excluding hydrogens is 242 g/mol. The topological polar surface area (TPSA) is 66.4 Å². The lowest BCUT2D eigenvalue weighted by Gasteiger charge is -2.18. The molecule has 0 saturated heterocycles. The third-order valence-corrected chi connectivity index (χ3v) is 3.63. The van der Waals surface area contributed by atoms with Gasteiger partial charge in [-0.15, -0.1) is 0 Å². The van der Waals surface area contributed by atoms with Gasteiger partial charge < -0.3 is 10.4 Å². The van der Waals surface area contributed by atoms with Crippen molar-refractivity contribution < 1.29 is 14.7 Å². The minimum Gasteiger partial charge on any atom is -0.481 e. The van der Waals surface area contributed by atoms with E-state index < -0.39 is 11.9 Å². The molecule has 0 radical (unpaired) electrons. The van der Waals surface area contributed by atoms with Gasteiger partial charge in [0, 0.05) is 11.6 Å². The molecule has 0 bridgehead atoms. The summed E-state index contributed by atoms with van der Waals surface area (Å²) >= 11 is 0. The van der Waals surface area contributed by atoms with Gasteiger partial charge in [-0.3, -0.25) is 9.59 Å². The number of aryl methyl sites for hydroxylation is 2. The fourth-order valence-corrected chi connectivity index (χ4v) is 2.79. The Bertz CT molecular complexity index is 490. The van der Waals surface area contributed by atoms with Crippen LogP contribution in [-0.4, -0.2) is 23.0 Å². The molecule has 102 valence electrons.